The number of hydrazone groups is 1. The first-order valence-electron chi connectivity index (χ1n) is 6.56. The summed E-state index contributed by atoms with van der Waals surface area (Å²) in [5.74, 6) is 0.760. The van der Waals surface area contributed by atoms with Crippen molar-refractivity contribution < 1.29 is 14.3 Å². The summed E-state index contributed by atoms with van der Waals surface area (Å²) in [5.41, 5.74) is 3.55. The summed E-state index contributed by atoms with van der Waals surface area (Å²) in [6.07, 6.45) is 4.54. The first-order chi connectivity index (χ1) is 10.7. The summed E-state index contributed by atoms with van der Waals surface area (Å²) in [6.45, 7) is 0.947. The van der Waals surface area contributed by atoms with Gasteiger partial charge in [0.2, 0.25) is 0 Å². The molecule has 1 aromatic heterocycles. The fourth-order valence-electron chi connectivity index (χ4n) is 1.93. The number of carbonyl (C=O) groups is 1. The zero-order valence-corrected chi connectivity index (χ0v) is 12.2. The molecule has 3 rings (SSSR count). The molecule has 1 amide bonds. The monoisotopic (exact) mass is 317 g/mol. The van der Waals surface area contributed by atoms with Crippen LogP contribution in [0.3, 0.4) is 0 Å². The van der Waals surface area contributed by atoms with Crippen LogP contribution in [0.15, 0.2) is 41.8 Å². The minimum atomic E-state index is -0.340. The molecule has 1 aliphatic heterocycles. The highest BCUT2D eigenvalue weighted by atomic mass is 35.5. The van der Waals surface area contributed by atoms with Gasteiger partial charge in [0.15, 0.2) is 11.5 Å². The van der Waals surface area contributed by atoms with E-state index in [-0.39, 0.29) is 5.91 Å². The van der Waals surface area contributed by atoms with Gasteiger partial charge in [-0.15, -0.1) is 0 Å². The molecule has 0 saturated carbocycles. The molecule has 1 N–H and O–H groups in total. The lowest BCUT2D eigenvalue weighted by Gasteiger charge is -2.19. The Bertz CT molecular complexity index is 719. The Kier molecular flexibility index (Phi) is 4.20. The summed E-state index contributed by atoms with van der Waals surface area (Å²) < 4.78 is 10.9. The van der Waals surface area contributed by atoms with Crippen molar-refractivity contribution in [1.29, 1.82) is 0 Å². The number of hydrogen-bond donors (Lipinski definition) is 1. The Labute approximate surface area is 131 Å². The average molecular weight is 318 g/mol. The van der Waals surface area contributed by atoms with E-state index in [1.165, 1.54) is 12.4 Å². The first kappa shape index (κ1) is 14.3. The van der Waals surface area contributed by atoms with E-state index in [4.69, 9.17) is 21.1 Å². The SMILES string of the molecule is O=C(N/N=C\c1cc(Cl)c2c(c1)OCCO2)c1cccnc1. The number of aromatic nitrogens is 1. The van der Waals surface area contributed by atoms with E-state index in [0.717, 1.165) is 0 Å². The van der Waals surface area contributed by atoms with Crippen molar-refractivity contribution in [2.45, 2.75) is 0 Å². The van der Waals surface area contributed by atoms with Crippen LogP contribution in [0.5, 0.6) is 11.5 Å². The lowest BCUT2D eigenvalue weighted by molar-refractivity contribution is 0.0955. The molecule has 0 fully saturated rings. The molecule has 0 bridgehead atoms. The van der Waals surface area contributed by atoms with Gasteiger partial charge in [0.05, 0.1) is 16.8 Å². The van der Waals surface area contributed by atoms with Crippen molar-refractivity contribution in [3.8, 4) is 11.5 Å². The highest BCUT2D eigenvalue weighted by Gasteiger charge is 2.16. The van der Waals surface area contributed by atoms with E-state index in [2.05, 4.69) is 15.5 Å². The van der Waals surface area contributed by atoms with Gasteiger partial charge in [0.1, 0.15) is 13.2 Å². The third kappa shape index (κ3) is 3.17. The second-order valence-corrected chi connectivity index (χ2v) is 4.87. The highest BCUT2D eigenvalue weighted by molar-refractivity contribution is 6.32. The van der Waals surface area contributed by atoms with Crippen LogP contribution in [-0.4, -0.2) is 30.3 Å². The van der Waals surface area contributed by atoms with E-state index < -0.39 is 0 Å². The van der Waals surface area contributed by atoms with Crippen LogP contribution in [-0.2, 0) is 0 Å². The third-order valence-corrected chi connectivity index (χ3v) is 3.20. The standard InChI is InChI=1S/C15H12ClN3O3/c16-12-6-10(7-13-14(12)22-5-4-21-13)8-18-19-15(20)11-2-1-3-17-9-11/h1-3,6-9H,4-5H2,(H,19,20)/b18-8-. The highest BCUT2D eigenvalue weighted by Crippen LogP contribution is 2.37. The number of ether oxygens (including phenoxy) is 2. The Hall–Kier alpha value is -2.60. The second-order valence-electron chi connectivity index (χ2n) is 4.47. The second kappa shape index (κ2) is 6.44. The lowest BCUT2D eigenvalue weighted by Crippen LogP contribution is -2.18. The number of nitrogens with one attached hydrogen (secondary N) is 1. The number of amides is 1. The number of halogens is 1. The van der Waals surface area contributed by atoms with Crippen LogP contribution in [0.25, 0.3) is 0 Å². The molecule has 0 aliphatic carbocycles. The summed E-state index contributed by atoms with van der Waals surface area (Å²) in [7, 11) is 0. The maximum absolute atomic E-state index is 11.8. The molecule has 7 heteroatoms. The molecule has 112 valence electrons. The number of fused-ring (bicyclic) bond motifs is 1. The Morgan fingerprint density at radius 1 is 1.36 bits per heavy atom. The molecule has 1 aromatic carbocycles. The van der Waals surface area contributed by atoms with Crippen molar-refractivity contribution in [3.05, 3.63) is 52.8 Å². The molecule has 0 radical (unpaired) electrons. The van der Waals surface area contributed by atoms with Crippen molar-refractivity contribution in [2.75, 3.05) is 13.2 Å². The van der Waals surface area contributed by atoms with Crippen LogP contribution in [0.1, 0.15) is 15.9 Å². The lowest BCUT2D eigenvalue weighted by atomic mass is 10.2. The molecule has 2 heterocycles. The van der Waals surface area contributed by atoms with E-state index in [1.807, 2.05) is 0 Å². The fourth-order valence-corrected chi connectivity index (χ4v) is 2.21. The summed E-state index contributed by atoms with van der Waals surface area (Å²) >= 11 is 6.12. The number of nitrogens with zero attached hydrogens (tertiary/aromatic N) is 2. The number of pyridine rings is 1. The largest absolute Gasteiger partial charge is 0.486 e. The number of benzene rings is 1. The molecule has 0 unspecified atom stereocenters. The van der Waals surface area contributed by atoms with E-state index >= 15 is 0 Å². The average Bonchev–Trinajstić information content (AvgIpc) is 2.56. The number of hydrogen-bond acceptors (Lipinski definition) is 5. The van der Waals surface area contributed by atoms with Gasteiger partial charge in [-0.25, -0.2) is 5.43 Å². The zero-order valence-electron chi connectivity index (χ0n) is 11.5. The van der Waals surface area contributed by atoms with E-state index in [9.17, 15) is 4.79 Å². The van der Waals surface area contributed by atoms with Gasteiger partial charge in [0, 0.05) is 12.4 Å². The Morgan fingerprint density at radius 2 is 2.23 bits per heavy atom. The summed E-state index contributed by atoms with van der Waals surface area (Å²) in [6, 6.07) is 6.77. The van der Waals surface area contributed by atoms with Crippen molar-refractivity contribution >= 4 is 23.7 Å². The number of carbonyl (C=O) groups excluding carboxylic acids is 1. The minimum absolute atomic E-state index is 0.340. The molecule has 6 nitrogen and oxygen atoms in total. The van der Waals surface area contributed by atoms with Gasteiger partial charge >= 0.3 is 0 Å². The predicted molar refractivity (Wildman–Crippen MR) is 81.7 cm³/mol. The molecular weight excluding hydrogens is 306 g/mol. The molecule has 0 atom stereocenters. The van der Waals surface area contributed by atoms with Crippen LogP contribution < -0.4 is 14.9 Å². The number of rotatable bonds is 3. The first-order valence-corrected chi connectivity index (χ1v) is 6.94. The maximum Gasteiger partial charge on any atom is 0.272 e. The van der Waals surface area contributed by atoms with Crippen LogP contribution in [0.2, 0.25) is 5.02 Å². The Morgan fingerprint density at radius 3 is 3.05 bits per heavy atom. The molecule has 0 spiro atoms. The van der Waals surface area contributed by atoms with Crippen molar-refractivity contribution in [3.63, 3.8) is 0 Å². The maximum atomic E-state index is 11.8. The Balaban J connectivity index is 1.71. The molecule has 0 saturated heterocycles. The molecule has 22 heavy (non-hydrogen) atoms. The fraction of sp³-hybridized carbons (Fsp3) is 0.133. The van der Waals surface area contributed by atoms with Crippen LogP contribution in [0.4, 0.5) is 0 Å². The van der Waals surface area contributed by atoms with E-state index in [0.29, 0.717) is 40.9 Å². The summed E-state index contributed by atoms with van der Waals surface area (Å²) in [5, 5.41) is 4.34. The minimum Gasteiger partial charge on any atom is -0.486 e. The van der Waals surface area contributed by atoms with Gasteiger partial charge in [0.25, 0.3) is 5.91 Å². The van der Waals surface area contributed by atoms with Gasteiger partial charge in [-0.1, -0.05) is 11.6 Å². The van der Waals surface area contributed by atoms with Crippen molar-refractivity contribution in [1.82, 2.24) is 10.4 Å². The van der Waals surface area contributed by atoms with Crippen molar-refractivity contribution in [2.24, 2.45) is 5.10 Å². The van der Waals surface area contributed by atoms with Gasteiger partial charge in [-0.3, -0.25) is 9.78 Å². The quantitative estimate of drug-likeness (QED) is 0.696. The van der Waals surface area contributed by atoms with Gasteiger partial charge in [-0.05, 0) is 29.8 Å². The topological polar surface area (TPSA) is 72.8 Å². The zero-order chi connectivity index (χ0) is 15.4. The third-order valence-electron chi connectivity index (χ3n) is 2.92. The van der Waals surface area contributed by atoms with Crippen LogP contribution in [0, 0.1) is 0 Å². The smallest absolute Gasteiger partial charge is 0.272 e. The van der Waals surface area contributed by atoms with Gasteiger partial charge < -0.3 is 9.47 Å². The van der Waals surface area contributed by atoms with Crippen LogP contribution >= 0.6 is 11.6 Å². The van der Waals surface area contributed by atoms with E-state index in [1.54, 1.807) is 30.5 Å². The normalized spacial score (nSPS) is 13.1. The molecular formula is C15H12ClN3O3. The molecule has 2 aromatic rings. The molecule has 1 aliphatic rings. The summed E-state index contributed by atoms with van der Waals surface area (Å²) in [4.78, 5) is 15.7. The predicted octanol–water partition coefficient (Wildman–Crippen LogP) is 2.27. The van der Waals surface area contributed by atoms with Gasteiger partial charge in [-0.2, -0.15) is 5.10 Å².